The van der Waals surface area contributed by atoms with E-state index in [2.05, 4.69) is 60.5 Å². The molecule has 3 unspecified atom stereocenters. The van der Waals surface area contributed by atoms with Crippen molar-refractivity contribution < 1.29 is 0 Å². The van der Waals surface area contributed by atoms with E-state index in [0.717, 1.165) is 11.8 Å². The van der Waals surface area contributed by atoms with Crippen LogP contribution >= 0.6 is 11.8 Å². The van der Waals surface area contributed by atoms with E-state index < -0.39 is 0 Å². The zero-order valence-corrected chi connectivity index (χ0v) is 13.4. The summed E-state index contributed by atoms with van der Waals surface area (Å²) in [6, 6.07) is 1.12. The predicted octanol–water partition coefficient (Wildman–Crippen LogP) is 3.17. The molecule has 1 saturated heterocycles. The Hall–Kier alpha value is -0.480. The van der Waals surface area contributed by atoms with Crippen LogP contribution in [-0.2, 0) is 6.54 Å². The van der Waals surface area contributed by atoms with Crippen LogP contribution in [0.2, 0.25) is 0 Å². The first-order chi connectivity index (χ1) is 8.97. The maximum Gasteiger partial charge on any atom is 0.0946 e. The zero-order valence-electron chi connectivity index (χ0n) is 12.6. The topological polar surface area (TPSA) is 29.9 Å². The summed E-state index contributed by atoms with van der Waals surface area (Å²) in [5.74, 6) is 1.32. The maximum absolute atomic E-state index is 4.15. The van der Waals surface area contributed by atoms with Crippen molar-refractivity contribution in [3.05, 3.63) is 18.7 Å². The standard InChI is InChI=1S/C15H27N3S/c1-12-13(6-5-9-19-12)17-14(15(2,3)4)10-18-8-7-16-11-18/h7-8,11-14,17H,5-6,9-10H2,1-4H3. The first kappa shape index (κ1) is 14.9. The van der Waals surface area contributed by atoms with Crippen LogP contribution in [0.3, 0.4) is 0 Å². The van der Waals surface area contributed by atoms with E-state index >= 15 is 0 Å². The molecular formula is C15H27N3S. The van der Waals surface area contributed by atoms with Crippen LogP contribution < -0.4 is 5.32 Å². The molecule has 108 valence electrons. The molecule has 19 heavy (non-hydrogen) atoms. The largest absolute Gasteiger partial charge is 0.336 e. The molecule has 2 rings (SSSR count). The molecule has 0 aromatic carbocycles. The second kappa shape index (κ2) is 6.31. The lowest BCUT2D eigenvalue weighted by atomic mass is 9.85. The lowest BCUT2D eigenvalue weighted by Crippen LogP contribution is -2.51. The quantitative estimate of drug-likeness (QED) is 0.919. The fourth-order valence-electron chi connectivity index (χ4n) is 2.58. The minimum absolute atomic E-state index is 0.256. The number of imidazole rings is 1. The molecular weight excluding hydrogens is 254 g/mol. The summed E-state index contributed by atoms with van der Waals surface area (Å²) in [7, 11) is 0. The highest BCUT2D eigenvalue weighted by Crippen LogP contribution is 2.28. The average Bonchev–Trinajstić information content (AvgIpc) is 2.82. The number of nitrogens with zero attached hydrogens (tertiary/aromatic N) is 2. The van der Waals surface area contributed by atoms with Gasteiger partial charge in [0.05, 0.1) is 6.33 Å². The van der Waals surface area contributed by atoms with Gasteiger partial charge in [-0.1, -0.05) is 27.7 Å². The molecule has 0 bridgehead atoms. The van der Waals surface area contributed by atoms with Crippen molar-refractivity contribution in [2.45, 2.75) is 64.4 Å². The first-order valence-electron chi connectivity index (χ1n) is 7.30. The number of thioether (sulfide) groups is 1. The van der Waals surface area contributed by atoms with E-state index in [1.54, 1.807) is 0 Å². The average molecular weight is 281 g/mol. The van der Waals surface area contributed by atoms with Gasteiger partial charge in [0.2, 0.25) is 0 Å². The summed E-state index contributed by atoms with van der Waals surface area (Å²) < 4.78 is 2.18. The van der Waals surface area contributed by atoms with Gasteiger partial charge in [-0.2, -0.15) is 11.8 Å². The molecule has 2 heterocycles. The van der Waals surface area contributed by atoms with Crippen LogP contribution in [0.5, 0.6) is 0 Å². The molecule has 1 aromatic rings. The fraction of sp³-hybridized carbons (Fsp3) is 0.800. The van der Waals surface area contributed by atoms with Crippen LogP contribution in [0, 0.1) is 5.41 Å². The number of hydrogen-bond donors (Lipinski definition) is 1. The Labute approximate surface area is 121 Å². The van der Waals surface area contributed by atoms with E-state index in [9.17, 15) is 0 Å². The Bertz CT molecular complexity index is 369. The Balaban J connectivity index is 2.01. The molecule has 0 saturated carbocycles. The third kappa shape index (κ3) is 4.25. The molecule has 1 fully saturated rings. The van der Waals surface area contributed by atoms with Gasteiger partial charge in [0.25, 0.3) is 0 Å². The first-order valence-corrected chi connectivity index (χ1v) is 8.35. The van der Waals surface area contributed by atoms with Crippen molar-refractivity contribution >= 4 is 11.8 Å². The minimum Gasteiger partial charge on any atom is -0.336 e. The van der Waals surface area contributed by atoms with E-state index in [-0.39, 0.29) is 5.41 Å². The predicted molar refractivity (Wildman–Crippen MR) is 83.5 cm³/mol. The summed E-state index contributed by atoms with van der Waals surface area (Å²) in [6.45, 7) is 10.3. The zero-order chi connectivity index (χ0) is 13.9. The van der Waals surface area contributed by atoms with Crippen LogP contribution in [0.1, 0.15) is 40.5 Å². The van der Waals surface area contributed by atoms with Crippen molar-refractivity contribution in [2.24, 2.45) is 5.41 Å². The van der Waals surface area contributed by atoms with Crippen LogP contribution in [-0.4, -0.2) is 32.6 Å². The second-order valence-corrected chi connectivity index (χ2v) is 8.15. The van der Waals surface area contributed by atoms with Crippen LogP contribution in [0.15, 0.2) is 18.7 Å². The van der Waals surface area contributed by atoms with Crippen LogP contribution in [0.25, 0.3) is 0 Å². The summed E-state index contributed by atoms with van der Waals surface area (Å²) >= 11 is 2.11. The highest BCUT2D eigenvalue weighted by molar-refractivity contribution is 7.99. The van der Waals surface area contributed by atoms with Gasteiger partial charge >= 0.3 is 0 Å². The third-order valence-electron chi connectivity index (χ3n) is 4.02. The normalized spacial score (nSPS) is 26.3. The van der Waals surface area contributed by atoms with Crippen LogP contribution in [0.4, 0.5) is 0 Å². The fourth-order valence-corrected chi connectivity index (χ4v) is 3.73. The maximum atomic E-state index is 4.15. The Kier molecular flexibility index (Phi) is 4.96. The smallest absolute Gasteiger partial charge is 0.0946 e. The van der Waals surface area contributed by atoms with Gasteiger partial charge in [-0.3, -0.25) is 0 Å². The van der Waals surface area contributed by atoms with E-state index in [1.807, 2.05) is 12.5 Å². The van der Waals surface area contributed by atoms with Crippen molar-refractivity contribution in [2.75, 3.05) is 5.75 Å². The molecule has 0 spiro atoms. The summed E-state index contributed by atoms with van der Waals surface area (Å²) in [4.78, 5) is 4.15. The highest BCUT2D eigenvalue weighted by atomic mass is 32.2. The molecule has 0 radical (unpaired) electrons. The number of hydrogen-bond acceptors (Lipinski definition) is 3. The lowest BCUT2D eigenvalue weighted by Gasteiger charge is -2.38. The van der Waals surface area contributed by atoms with Gasteiger partial charge in [-0.25, -0.2) is 4.98 Å². The number of nitrogens with one attached hydrogen (secondary N) is 1. The van der Waals surface area contributed by atoms with Gasteiger partial charge in [0.15, 0.2) is 0 Å². The van der Waals surface area contributed by atoms with E-state index in [1.165, 1.54) is 18.6 Å². The van der Waals surface area contributed by atoms with Crippen molar-refractivity contribution in [1.82, 2.24) is 14.9 Å². The summed E-state index contributed by atoms with van der Waals surface area (Å²) in [5.41, 5.74) is 0.256. The Morgan fingerprint density at radius 3 is 2.84 bits per heavy atom. The van der Waals surface area contributed by atoms with Crippen molar-refractivity contribution in [3.8, 4) is 0 Å². The van der Waals surface area contributed by atoms with E-state index in [4.69, 9.17) is 0 Å². The number of rotatable bonds is 4. The lowest BCUT2D eigenvalue weighted by molar-refractivity contribution is 0.215. The summed E-state index contributed by atoms with van der Waals surface area (Å²) in [5, 5.41) is 4.64. The molecule has 0 aliphatic carbocycles. The minimum atomic E-state index is 0.256. The van der Waals surface area contributed by atoms with Crippen molar-refractivity contribution in [3.63, 3.8) is 0 Å². The Morgan fingerprint density at radius 1 is 1.47 bits per heavy atom. The van der Waals surface area contributed by atoms with E-state index in [0.29, 0.717) is 12.1 Å². The van der Waals surface area contributed by atoms with Gasteiger partial charge in [0.1, 0.15) is 0 Å². The molecule has 1 N–H and O–H groups in total. The van der Waals surface area contributed by atoms with Crippen molar-refractivity contribution in [1.29, 1.82) is 0 Å². The molecule has 4 heteroatoms. The summed E-state index contributed by atoms with van der Waals surface area (Å²) in [6.07, 6.45) is 8.48. The Morgan fingerprint density at radius 2 is 2.26 bits per heavy atom. The SMILES string of the molecule is CC1SCCCC1NC(Cn1ccnc1)C(C)(C)C. The second-order valence-electron chi connectivity index (χ2n) is 6.67. The van der Waals surface area contributed by atoms with Gasteiger partial charge in [0, 0.05) is 36.3 Å². The molecule has 3 nitrogen and oxygen atoms in total. The van der Waals surface area contributed by atoms with Gasteiger partial charge in [-0.15, -0.1) is 0 Å². The monoisotopic (exact) mass is 281 g/mol. The molecule has 3 atom stereocenters. The third-order valence-corrected chi connectivity index (χ3v) is 5.40. The molecule has 1 aliphatic heterocycles. The molecule has 0 amide bonds. The highest BCUT2D eigenvalue weighted by Gasteiger charge is 2.30. The van der Waals surface area contributed by atoms with Gasteiger partial charge < -0.3 is 9.88 Å². The molecule has 1 aliphatic rings. The number of aromatic nitrogens is 2. The molecule has 1 aromatic heterocycles. The van der Waals surface area contributed by atoms with Gasteiger partial charge in [-0.05, 0) is 24.0 Å².